The molecule has 0 aliphatic carbocycles. The number of alkyl halides is 3. The minimum Gasteiger partial charge on any atom is -0.369 e. The quantitative estimate of drug-likeness (QED) is 0.415. The number of aromatic nitrogens is 4. The van der Waals surface area contributed by atoms with Gasteiger partial charge in [-0.1, -0.05) is 23.7 Å². The highest BCUT2D eigenvalue weighted by atomic mass is 35.5. The van der Waals surface area contributed by atoms with Gasteiger partial charge < -0.3 is 10.4 Å². The van der Waals surface area contributed by atoms with Crippen LogP contribution in [0.5, 0.6) is 0 Å². The Bertz CT molecular complexity index is 1190. The van der Waals surface area contributed by atoms with E-state index in [0.717, 1.165) is 12.1 Å². The highest BCUT2D eigenvalue weighted by Crippen LogP contribution is 2.33. The fraction of sp³-hybridized carbons (Fsp3) is 0.211. The Hall–Kier alpha value is -2.69. The lowest BCUT2D eigenvalue weighted by Gasteiger charge is -2.11. The summed E-state index contributed by atoms with van der Waals surface area (Å²) in [4.78, 5) is 8.84. The van der Waals surface area contributed by atoms with Crippen LogP contribution in [-0.4, -0.2) is 24.9 Å². The number of thiazole rings is 1. The van der Waals surface area contributed by atoms with Crippen molar-refractivity contribution < 1.29 is 18.3 Å². The fourth-order valence-corrected chi connectivity index (χ4v) is 4.02. The fourth-order valence-electron chi connectivity index (χ4n) is 3.04. The summed E-state index contributed by atoms with van der Waals surface area (Å²) in [6.07, 6.45) is -2.41. The summed E-state index contributed by atoms with van der Waals surface area (Å²) >= 11 is 7.62. The monoisotopic (exact) mass is 453 g/mol. The maximum atomic E-state index is 12.8. The number of hydrogen-bond acceptors (Lipinski definition) is 6. The lowest BCUT2D eigenvalue weighted by molar-refractivity contribution is -0.137. The molecule has 0 aliphatic rings. The molecule has 156 valence electrons. The van der Waals surface area contributed by atoms with Crippen molar-refractivity contribution in [2.24, 2.45) is 0 Å². The molecule has 4 aromatic rings. The first-order valence-electron chi connectivity index (χ1n) is 8.75. The summed E-state index contributed by atoms with van der Waals surface area (Å²) in [6.45, 7) is 1.99. The van der Waals surface area contributed by atoms with E-state index >= 15 is 0 Å². The molecule has 4 rings (SSSR count). The molecule has 0 bridgehead atoms. The van der Waals surface area contributed by atoms with Gasteiger partial charge in [-0.2, -0.15) is 18.3 Å². The molecule has 0 radical (unpaired) electrons. The SMILES string of the molecule is Cc1ncsc1C(O)Nc1nn(Cc2ccc(C(F)(F)F)cc2)c2cncc(Cl)c12. The number of aryl methyl sites for hydroxylation is 1. The van der Waals surface area contributed by atoms with E-state index < -0.39 is 18.0 Å². The number of nitrogens with one attached hydrogen (secondary N) is 1. The number of pyridine rings is 1. The Balaban J connectivity index is 1.68. The first kappa shape index (κ1) is 20.6. The zero-order valence-electron chi connectivity index (χ0n) is 15.5. The van der Waals surface area contributed by atoms with Gasteiger partial charge >= 0.3 is 6.18 Å². The van der Waals surface area contributed by atoms with Gasteiger partial charge in [0.1, 0.15) is 0 Å². The van der Waals surface area contributed by atoms with Crippen LogP contribution in [0.2, 0.25) is 5.02 Å². The van der Waals surface area contributed by atoms with E-state index in [1.54, 1.807) is 23.3 Å². The summed E-state index contributed by atoms with van der Waals surface area (Å²) in [6, 6.07) is 4.86. The predicted molar refractivity (Wildman–Crippen MR) is 109 cm³/mol. The first-order chi connectivity index (χ1) is 14.2. The van der Waals surface area contributed by atoms with Crippen LogP contribution in [0.15, 0.2) is 42.2 Å². The van der Waals surface area contributed by atoms with E-state index in [-0.39, 0.29) is 6.54 Å². The van der Waals surface area contributed by atoms with Crippen molar-refractivity contribution in [3.8, 4) is 0 Å². The number of benzene rings is 1. The number of fused-ring (bicyclic) bond motifs is 1. The van der Waals surface area contributed by atoms with Gasteiger partial charge in [0.05, 0.1) is 50.3 Å². The Morgan fingerprint density at radius 2 is 1.97 bits per heavy atom. The molecule has 6 nitrogen and oxygen atoms in total. The second-order valence-corrected chi connectivity index (χ2v) is 7.86. The molecule has 0 saturated carbocycles. The molecular formula is C19H15ClF3N5OS. The molecule has 0 fully saturated rings. The highest BCUT2D eigenvalue weighted by molar-refractivity contribution is 7.09. The molecule has 0 amide bonds. The third kappa shape index (κ3) is 3.98. The molecule has 1 aromatic carbocycles. The summed E-state index contributed by atoms with van der Waals surface area (Å²) in [5, 5.41) is 18.9. The lowest BCUT2D eigenvalue weighted by atomic mass is 10.1. The van der Waals surface area contributed by atoms with Crippen LogP contribution in [0.25, 0.3) is 10.9 Å². The van der Waals surface area contributed by atoms with E-state index in [4.69, 9.17) is 11.6 Å². The van der Waals surface area contributed by atoms with Crippen LogP contribution in [0.3, 0.4) is 0 Å². The van der Waals surface area contributed by atoms with Gasteiger partial charge in [0.15, 0.2) is 12.0 Å². The molecule has 1 atom stereocenters. The molecule has 0 saturated heterocycles. The number of aliphatic hydroxyl groups is 1. The minimum absolute atomic E-state index is 0.202. The number of hydrogen-bond donors (Lipinski definition) is 2. The molecule has 3 aromatic heterocycles. The summed E-state index contributed by atoms with van der Waals surface area (Å²) in [5.41, 5.74) is 2.82. The maximum Gasteiger partial charge on any atom is 0.416 e. The van der Waals surface area contributed by atoms with E-state index in [1.165, 1.54) is 29.7 Å². The molecule has 2 N–H and O–H groups in total. The molecule has 0 spiro atoms. The molecule has 30 heavy (non-hydrogen) atoms. The zero-order valence-corrected chi connectivity index (χ0v) is 17.1. The van der Waals surface area contributed by atoms with Gasteiger partial charge in [-0.05, 0) is 24.6 Å². The number of anilines is 1. The van der Waals surface area contributed by atoms with Gasteiger partial charge in [-0.25, -0.2) is 4.98 Å². The van der Waals surface area contributed by atoms with Gasteiger partial charge in [-0.3, -0.25) is 9.67 Å². The van der Waals surface area contributed by atoms with Gasteiger partial charge in [0.25, 0.3) is 0 Å². The third-order valence-corrected chi connectivity index (χ3v) is 5.80. The molecule has 1 unspecified atom stereocenters. The Labute approximate surface area is 178 Å². The van der Waals surface area contributed by atoms with Crippen LogP contribution in [-0.2, 0) is 12.7 Å². The predicted octanol–water partition coefficient (Wildman–Crippen LogP) is 5.02. The van der Waals surface area contributed by atoms with Crippen molar-refractivity contribution in [2.75, 3.05) is 5.32 Å². The highest BCUT2D eigenvalue weighted by Gasteiger charge is 2.30. The largest absolute Gasteiger partial charge is 0.416 e. The van der Waals surface area contributed by atoms with Crippen LogP contribution >= 0.6 is 22.9 Å². The van der Waals surface area contributed by atoms with Crippen LogP contribution in [0.1, 0.15) is 27.9 Å². The van der Waals surface area contributed by atoms with Crippen molar-refractivity contribution in [3.63, 3.8) is 0 Å². The van der Waals surface area contributed by atoms with Crippen molar-refractivity contribution in [3.05, 3.63) is 68.9 Å². The lowest BCUT2D eigenvalue weighted by Crippen LogP contribution is -2.11. The standard InChI is InChI=1S/C19H15ClF3N5OS/c1-10-16(30-9-25-10)18(29)26-17-15-13(20)6-24-7-14(15)28(27-17)8-11-2-4-12(5-3-11)19(21,22)23/h2-7,9,18,29H,8H2,1H3,(H,26,27). The number of aliphatic hydroxyl groups excluding tert-OH is 1. The topological polar surface area (TPSA) is 75.9 Å². The third-order valence-electron chi connectivity index (χ3n) is 4.53. The Kier molecular flexibility index (Phi) is 5.39. The Morgan fingerprint density at radius 1 is 1.23 bits per heavy atom. The summed E-state index contributed by atoms with van der Waals surface area (Å²) < 4.78 is 40.0. The van der Waals surface area contributed by atoms with Crippen molar-refractivity contribution in [1.82, 2.24) is 19.7 Å². The van der Waals surface area contributed by atoms with Crippen LogP contribution in [0.4, 0.5) is 19.0 Å². The summed E-state index contributed by atoms with van der Waals surface area (Å²) in [7, 11) is 0. The van der Waals surface area contributed by atoms with Crippen LogP contribution in [0, 0.1) is 6.92 Å². The Morgan fingerprint density at radius 3 is 2.60 bits per heavy atom. The van der Waals surface area contributed by atoms with Gasteiger partial charge in [0, 0.05) is 6.20 Å². The number of rotatable bonds is 5. The number of nitrogens with zero attached hydrogens (tertiary/aromatic N) is 4. The van der Waals surface area contributed by atoms with Gasteiger partial charge in [-0.15, -0.1) is 11.3 Å². The molecule has 11 heteroatoms. The minimum atomic E-state index is -4.39. The first-order valence-corrected chi connectivity index (χ1v) is 10.0. The van der Waals surface area contributed by atoms with E-state index in [1.807, 2.05) is 0 Å². The second kappa shape index (κ2) is 7.86. The average molecular weight is 454 g/mol. The molecular weight excluding hydrogens is 439 g/mol. The van der Waals surface area contributed by atoms with Crippen molar-refractivity contribution >= 4 is 39.7 Å². The smallest absolute Gasteiger partial charge is 0.369 e. The average Bonchev–Trinajstić information content (AvgIpc) is 3.26. The maximum absolute atomic E-state index is 12.8. The molecule has 0 aliphatic heterocycles. The summed E-state index contributed by atoms with van der Waals surface area (Å²) in [5.74, 6) is 0.338. The van der Waals surface area contributed by atoms with E-state index in [2.05, 4.69) is 20.4 Å². The molecule has 3 heterocycles. The number of halogens is 4. The van der Waals surface area contributed by atoms with E-state index in [0.29, 0.717) is 37.9 Å². The van der Waals surface area contributed by atoms with Crippen molar-refractivity contribution in [2.45, 2.75) is 25.9 Å². The van der Waals surface area contributed by atoms with Gasteiger partial charge in [0.2, 0.25) is 0 Å². The normalized spacial score (nSPS) is 13.0. The van der Waals surface area contributed by atoms with E-state index in [9.17, 15) is 18.3 Å². The van der Waals surface area contributed by atoms with Crippen molar-refractivity contribution in [1.29, 1.82) is 0 Å². The van der Waals surface area contributed by atoms with Crippen LogP contribution < -0.4 is 5.32 Å². The zero-order chi connectivity index (χ0) is 21.5. The second-order valence-electron chi connectivity index (χ2n) is 6.57.